The lowest BCUT2D eigenvalue weighted by Crippen LogP contribution is -2.09. The van der Waals surface area contributed by atoms with Crippen molar-refractivity contribution in [1.82, 2.24) is 0 Å². The number of rotatable bonds is 9. The molecule has 0 aliphatic rings. The van der Waals surface area contributed by atoms with Crippen LogP contribution >= 0.6 is 0 Å². The van der Waals surface area contributed by atoms with E-state index < -0.39 is 0 Å². The summed E-state index contributed by atoms with van der Waals surface area (Å²) in [6, 6.07) is 13.2. The molecular weight excluding hydrogens is 314 g/mol. The maximum Gasteiger partial charge on any atom is 0.165 e. The van der Waals surface area contributed by atoms with Crippen LogP contribution in [0.1, 0.15) is 42.6 Å². The Bertz CT molecular complexity index is 710. The summed E-state index contributed by atoms with van der Waals surface area (Å²) in [4.78, 5) is 12.0. The van der Waals surface area contributed by atoms with Crippen LogP contribution in [-0.2, 0) is 0 Å². The highest BCUT2D eigenvalue weighted by molar-refractivity contribution is 5.98. The van der Waals surface area contributed by atoms with Crippen molar-refractivity contribution in [1.29, 1.82) is 0 Å². The normalized spacial score (nSPS) is 10.7. The average Bonchev–Trinajstić information content (AvgIpc) is 2.59. The Morgan fingerprint density at radius 3 is 2.24 bits per heavy atom. The topological polar surface area (TPSA) is 61.5 Å². The van der Waals surface area contributed by atoms with Crippen LogP contribution in [0.2, 0.25) is 0 Å². The number of carbonyl (C=O) groups is 1. The second kappa shape index (κ2) is 9.11. The van der Waals surface area contributed by atoms with Gasteiger partial charge in [0.25, 0.3) is 0 Å². The number of unbranched alkanes of at least 4 members (excludes halogenated alkanes) is 1. The van der Waals surface area contributed by atoms with Gasteiger partial charge in [-0.1, -0.05) is 32.0 Å². The number of nitrogen functional groups attached to an aromatic ring is 1. The minimum Gasteiger partial charge on any atom is -0.493 e. The van der Waals surface area contributed by atoms with Crippen LogP contribution in [0, 0.1) is 12.8 Å². The molecule has 4 heteroatoms. The predicted molar refractivity (Wildman–Crippen MR) is 101 cm³/mol. The standard InChI is InChI=1S/C21H27NO3/c1-15(2)21(23)17-10-11-20(18(22)14-17)25-13-7-6-12-24-19-9-5-4-8-16(19)3/h4-5,8-11,14-15H,6-7,12-13,22H2,1-3H3. The maximum atomic E-state index is 12.0. The number of carbonyl (C=O) groups excluding carboxylic acids is 1. The Kier molecular flexibility index (Phi) is 6.87. The second-order valence-electron chi connectivity index (χ2n) is 6.44. The fraction of sp³-hybridized carbons (Fsp3) is 0.381. The minimum atomic E-state index is -0.0422. The molecule has 0 saturated carbocycles. The lowest BCUT2D eigenvalue weighted by molar-refractivity contribution is 0.0939. The van der Waals surface area contributed by atoms with Gasteiger partial charge in [-0.15, -0.1) is 0 Å². The van der Waals surface area contributed by atoms with E-state index in [2.05, 4.69) is 0 Å². The van der Waals surface area contributed by atoms with Crippen LogP contribution < -0.4 is 15.2 Å². The van der Waals surface area contributed by atoms with Gasteiger partial charge < -0.3 is 15.2 Å². The SMILES string of the molecule is Cc1ccccc1OCCCCOc1ccc(C(=O)C(C)C)cc1N. The van der Waals surface area contributed by atoms with Crippen molar-refractivity contribution in [2.75, 3.05) is 18.9 Å². The Morgan fingerprint density at radius 1 is 1.00 bits per heavy atom. The predicted octanol–water partition coefficient (Wildman–Crippen LogP) is 4.65. The summed E-state index contributed by atoms with van der Waals surface area (Å²) in [5.74, 6) is 1.60. The number of para-hydroxylation sites is 1. The molecule has 0 aromatic heterocycles. The van der Waals surface area contributed by atoms with Gasteiger partial charge in [0.15, 0.2) is 5.78 Å². The third-order valence-corrected chi connectivity index (χ3v) is 3.97. The van der Waals surface area contributed by atoms with E-state index in [-0.39, 0.29) is 11.7 Å². The van der Waals surface area contributed by atoms with E-state index in [0.29, 0.717) is 30.2 Å². The first-order valence-electron chi connectivity index (χ1n) is 8.74. The number of Topliss-reactive ketones (excluding diaryl/α,β-unsaturated/α-hetero) is 1. The molecule has 0 radical (unpaired) electrons. The number of hydrogen-bond donors (Lipinski definition) is 1. The zero-order chi connectivity index (χ0) is 18.2. The molecule has 0 amide bonds. The van der Waals surface area contributed by atoms with E-state index in [1.807, 2.05) is 45.0 Å². The average molecular weight is 341 g/mol. The maximum absolute atomic E-state index is 12.0. The third-order valence-electron chi connectivity index (χ3n) is 3.97. The van der Waals surface area contributed by atoms with Gasteiger partial charge >= 0.3 is 0 Å². The van der Waals surface area contributed by atoms with Crippen molar-refractivity contribution in [3.05, 3.63) is 53.6 Å². The highest BCUT2D eigenvalue weighted by Gasteiger charge is 2.12. The second-order valence-corrected chi connectivity index (χ2v) is 6.44. The summed E-state index contributed by atoms with van der Waals surface area (Å²) in [6.45, 7) is 7.02. The highest BCUT2D eigenvalue weighted by Crippen LogP contribution is 2.24. The highest BCUT2D eigenvalue weighted by atomic mass is 16.5. The van der Waals surface area contributed by atoms with Gasteiger partial charge in [-0.3, -0.25) is 4.79 Å². The van der Waals surface area contributed by atoms with Gasteiger partial charge in [-0.05, 0) is 49.6 Å². The Balaban J connectivity index is 1.73. The van der Waals surface area contributed by atoms with Crippen molar-refractivity contribution < 1.29 is 14.3 Å². The summed E-state index contributed by atoms with van der Waals surface area (Å²) in [5, 5.41) is 0. The van der Waals surface area contributed by atoms with Gasteiger partial charge in [-0.25, -0.2) is 0 Å². The van der Waals surface area contributed by atoms with Gasteiger partial charge in [0.2, 0.25) is 0 Å². The molecule has 0 heterocycles. The largest absolute Gasteiger partial charge is 0.493 e. The number of anilines is 1. The van der Waals surface area contributed by atoms with E-state index >= 15 is 0 Å². The quantitative estimate of drug-likeness (QED) is 0.409. The molecule has 0 bridgehead atoms. The molecule has 0 fully saturated rings. The first-order valence-corrected chi connectivity index (χ1v) is 8.74. The smallest absolute Gasteiger partial charge is 0.165 e. The van der Waals surface area contributed by atoms with Gasteiger partial charge in [-0.2, -0.15) is 0 Å². The number of ketones is 1. The van der Waals surface area contributed by atoms with Crippen molar-refractivity contribution in [3.63, 3.8) is 0 Å². The minimum absolute atomic E-state index is 0.0422. The summed E-state index contributed by atoms with van der Waals surface area (Å²) in [7, 11) is 0. The Hall–Kier alpha value is -2.49. The van der Waals surface area contributed by atoms with E-state index in [9.17, 15) is 4.79 Å². The molecule has 0 atom stereocenters. The number of aryl methyl sites for hydroxylation is 1. The molecule has 0 aliphatic carbocycles. The Morgan fingerprint density at radius 2 is 1.64 bits per heavy atom. The molecule has 0 aliphatic heterocycles. The van der Waals surface area contributed by atoms with E-state index in [1.165, 1.54) is 0 Å². The number of hydrogen-bond acceptors (Lipinski definition) is 4. The summed E-state index contributed by atoms with van der Waals surface area (Å²) < 4.78 is 11.5. The summed E-state index contributed by atoms with van der Waals surface area (Å²) in [6.07, 6.45) is 1.77. The van der Waals surface area contributed by atoms with Gasteiger partial charge in [0.05, 0.1) is 18.9 Å². The number of ether oxygens (including phenoxy) is 2. The lowest BCUT2D eigenvalue weighted by atomic mass is 10.0. The lowest BCUT2D eigenvalue weighted by Gasteiger charge is -2.12. The monoisotopic (exact) mass is 341 g/mol. The van der Waals surface area contributed by atoms with Gasteiger partial charge in [0.1, 0.15) is 11.5 Å². The summed E-state index contributed by atoms with van der Waals surface area (Å²) in [5.41, 5.74) is 8.27. The van der Waals surface area contributed by atoms with Crippen molar-refractivity contribution >= 4 is 11.5 Å². The van der Waals surface area contributed by atoms with Crippen molar-refractivity contribution in [2.45, 2.75) is 33.6 Å². The molecule has 4 nitrogen and oxygen atoms in total. The zero-order valence-electron chi connectivity index (χ0n) is 15.2. The molecule has 0 unspecified atom stereocenters. The van der Waals surface area contributed by atoms with Crippen LogP contribution in [0.25, 0.3) is 0 Å². The van der Waals surface area contributed by atoms with Crippen LogP contribution in [0.3, 0.4) is 0 Å². The molecule has 2 rings (SSSR count). The number of benzene rings is 2. The molecule has 134 valence electrons. The van der Waals surface area contributed by atoms with Crippen molar-refractivity contribution in [3.8, 4) is 11.5 Å². The third kappa shape index (κ3) is 5.52. The van der Waals surface area contributed by atoms with E-state index in [0.717, 1.165) is 24.2 Å². The van der Waals surface area contributed by atoms with E-state index in [4.69, 9.17) is 15.2 Å². The number of nitrogens with two attached hydrogens (primary N) is 1. The van der Waals surface area contributed by atoms with Crippen LogP contribution in [0.5, 0.6) is 11.5 Å². The van der Waals surface area contributed by atoms with E-state index in [1.54, 1.807) is 18.2 Å². The fourth-order valence-corrected chi connectivity index (χ4v) is 2.45. The Labute approximate surface area is 150 Å². The van der Waals surface area contributed by atoms with Crippen LogP contribution in [-0.4, -0.2) is 19.0 Å². The molecule has 25 heavy (non-hydrogen) atoms. The van der Waals surface area contributed by atoms with Gasteiger partial charge in [0, 0.05) is 11.5 Å². The molecular formula is C21H27NO3. The first-order chi connectivity index (χ1) is 12.0. The van der Waals surface area contributed by atoms with Crippen LogP contribution in [0.4, 0.5) is 5.69 Å². The van der Waals surface area contributed by atoms with Crippen LogP contribution in [0.15, 0.2) is 42.5 Å². The molecule has 0 saturated heterocycles. The fourth-order valence-electron chi connectivity index (χ4n) is 2.45. The summed E-state index contributed by atoms with van der Waals surface area (Å²) >= 11 is 0. The molecule has 2 aromatic rings. The molecule has 2 N–H and O–H groups in total. The molecule has 2 aromatic carbocycles. The van der Waals surface area contributed by atoms with Crippen molar-refractivity contribution in [2.24, 2.45) is 5.92 Å². The first kappa shape index (κ1) is 18.8. The zero-order valence-corrected chi connectivity index (χ0v) is 15.2. The molecule has 0 spiro atoms.